The van der Waals surface area contributed by atoms with E-state index in [1.807, 2.05) is 29.2 Å². The van der Waals surface area contributed by atoms with Crippen molar-refractivity contribution < 1.29 is 9.53 Å². The van der Waals surface area contributed by atoms with E-state index >= 15 is 0 Å². The third-order valence-electron chi connectivity index (χ3n) is 3.57. The number of anilines is 2. The number of para-hydroxylation sites is 2. The summed E-state index contributed by atoms with van der Waals surface area (Å²) in [4.78, 5) is 22.3. The number of nitrogens with zero attached hydrogens (tertiary/aromatic N) is 3. The number of fused-ring (bicyclic) bond motifs is 1. The van der Waals surface area contributed by atoms with Gasteiger partial charge < -0.3 is 20.7 Å². The summed E-state index contributed by atoms with van der Waals surface area (Å²) in [6.07, 6.45) is 0.405. The molecule has 1 aliphatic heterocycles. The Hall–Kier alpha value is -2.57. The molecule has 3 rings (SSSR count). The van der Waals surface area contributed by atoms with Crippen molar-refractivity contribution in [3.05, 3.63) is 24.3 Å². The fraction of sp³-hybridized carbons (Fsp3) is 0.357. The molecule has 1 aromatic heterocycles. The number of hydrogen-bond donors (Lipinski definition) is 2. The van der Waals surface area contributed by atoms with E-state index in [4.69, 9.17) is 5.73 Å². The number of nitrogen functional groups attached to an aromatic ring is 1. The highest BCUT2D eigenvalue weighted by atomic mass is 16.5. The summed E-state index contributed by atoms with van der Waals surface area (Å²) in [7, 11) is 1.36. The van der Waals surface area contributed by atoms with Crippen molar-refractivity contribution in [1.29, 1.82) is 0 Å². The zero-order chi connectivity index (χ0) is 14.8. The third-order valence-corrected chi connectivity index (χ3v) is 3.57. The molecule has 0 bridgehead atoms. The van der Waals surface area contributed by atoms with Crippen LogP contribution in [0.3, 0.4) is 0 Å². The van der Waals surface area contributed by atoms with E-state index < -0.39 is 6.09 Å². The lowest BCUT2D eigenvalue weighted by molar-refractivity contribution is 0.167. The molecule has 0 saturated carbocycles. The minimum Gasteiger partial charge on any atom is -0.453 e. The van der Waals surface area contributed by atoms with Crippen LogP contribution in [0.2, 0.25) is 0 Å². The summed E-state index contributed by atoms with van der Waals surface area (Å²) in [5.41, 5.74) is 7.60. The standard InChI is InChI=1S/C14H17N5O2/c1-21-14(20)16-9-6-7-19(8-9)13-12(15)17-10-4-2-3-5-11(10)18-13/h2-5,9H,6-8H2,1H3,(H2,15,17)(H,16,20). The SMILES string of the molecule is COC(=O)NC1CCN(c2nc3ccccc3nc2N)C1. The Labute approximate surface area is 122 Å². The van der Waals surface area contributed by atoms with E-state index in [1.165, 1.54) is 7.11 Å². The number of rotatable bonds is 2. The molecule has 1 aliphatic rings. The van der Waals surface area contributed by atoms with Crippen LogP contribution in [0, 0.1) is 0 Å². The second-order valence-corrected chi connectivity index (χ2v) is 4.99. The zero-order valence-corrected chi connectivity index (χ0v) is 11.7. The maximum atomic E-state index is 11.2. The second-order valence-electron chi connectivity index (χ2n) is 4.99. The van der Waals surface area contributed by atoms with Gasteiger partial charge in [0, 0.05) is 13.1 Å². The van der Waals surface area contributed by atoms with E-state index in [0.29, 0.717) is 18.2 Å². The summed E-state index contributed by atoms with van der Waals surface area (Å²) in [5, 5.41) is 2.79. The highest BCUT2D eigenvalue weighted by Crippen LogP contribution is 2.25. The first-order valence-corrected chi connectivity index (χ1v) is 6.79. The van der Waals surface area contributed by atoms with Crippen LogP contribution < -0.4 is 16.0 Å². The molecule has 2 aromatic rings. The van der Waals surface area contributed by atoms with E-state index in [1.54, 1.807) is 0 Å². The number of nitrogens with one attached hydrogen (secondary N) is 1. The van der Waals surface area contributed by atoms with Crippen molar-refractivity contribution in [3.8, 4) is 0 Å². The number of alkyl carbamates (subject to hydrolysis) is 1. The van der Waals surface area contributed by atoms with Gasteiger partial charge in [-0.15, -0.1) is 0 Å². The number of carbonyl (C=O) groups is 1. The van der Waals surface area contributed by atoms with E-state index in [9.17, 15) is 4.79 Å². The monoisotopic (exact) mass is 287 g/mol. The lowest BCUT2D eigenvalue weighted by atomic mass is 10.3. The number of benzene rings is 1. The minimum absolute atomic E-state index is 0.0325. The molecule has 110 valence electrons. The average Bonchev–Trinajstić information content (AvgIpc) is 2.94. The number of amides is 1. The van der Waals surface area contributed by atoms with Gasteiger partial charge >= 0.3 is 6.09 Å². The van der Waals surface area contributed by atoms with Gasteiger partial charge in [-0.25, -0.2) is 14.8 Å². The van der Waals surface area contributed by atoms with Crippen LogP contribution >= 0.6 is 0 Å². The van der Waals surface area contributed by atoms with Crippen LogP contribution in [-0.4, -0.2) is 42.3 Å². The Kier molecular flexibility index (Phi) is 3.47. The van der Waals surface area contributed by atoms with Crippen molar-refractivity contribution in [1.82, 2.24) is 15.3 Å². The number of aromatic nitrogens is 2. The van der Waals surface area contributed by atoms with Crippen LogP contribution in [0.5, 0.6) is 0 Å². The van der Waals surface area contributed by atoms with Gasteiger partial charge in [-0.2, -0.15) is 0 Å². The maximum Gasteiger partial charge on any atom is 0.407 e. The molecule has 2 heterocycles. The van der Waals surface area contributed by atoms with Gasteiger partial charge in [0.2, 0.25) is 0 Å². The molecule has 21 heavy (non-hydrogen) atoms. The van der Waals surface area contributed by atoms with Gasteiger partial charge in [0.25, 0.3) is 0 Å². The highest BCUT2D eigenvalue weighted by molar-refractivity contribution is 5.80. The maximum absolute atomic E-state index is 11.2. The molecule has 3 N–H and O–H groups in total. The lowest BCUT2D eigenvalue weighted by Crippen LogP contribution is -2.37. The summed E-state index contributed by atoms with van der Waals surface area (Å²) in [6, 6.07) is 7.65. The summed E-state index contributed by atoms with van der Waals surface area (Å²) in [6.45, 7) is 1.41. The largest absolute Gasteiger partial charge is 0.453 e. The molecule has 0 spiro atoms. The van der Waals surface area contributed by atoms with Gasteiger partial charge in [-0.1, -0.05) is 12.1 Å². The molecule has 1 unspecified atom stereocenters. The Morgan fingerprint density at radius 1 is 1.38 bits per heavy atom. The lowest BCUT2D eigenvalue weighted by Gasteiger charge is -2.19. The first-order chi connectivity index (χ1) is 10.2. The molecule has 1 atom stereocenters. The first-order valence-electron chi connectivity index (χ1n) is 6.79. The molecule has 7 nitrogen and oxygen atoms in total. The van der Waals surface area contributed by atoms with Crippen LogP contribution in [0.4, 0.5) is 16.4 Å². The first kappa shape index (κ1) is 13.4. The third kappa shape index (κ3) is 2.67. The number of ether oxygens (including phenoxy) is 1. The molecular weight excluding hydrogens is 270 g/mol. The second kappa shape index (κ2) is 5.43. The molecule has 7 heteroatoms. The van der Waals surface area contributed by atoms with Crippen molar-refractivity contribution in [2.24, 2.45) is 0 Å². The Morgan fingerprint density at radius 3 is 2.81 bits per heavy atom. The van der Waals surface area contributed by atoms with E-state index in [0.717, 1.165) is 24.0 Å². The molecular formula is C14H17N5O2. The van der Waals surface area contributed by atoms with Crippen LogP contribution in [-0.2, 0) is 4.74 Å². The molecule has 1 saturated heterocycles. The number of nitrogens with two attached hydrogens (primary N) is 1. The van der Waals surface area contributed by atoms with Crippen molar-refractivity contribution >= 4 is 28.8 Å². The van der Waals surface area contributed by atoms with E-state index in [-0.39, 0.29) is 6.04 Å². The number of methoxy groups -OCH3 is 1. The van der Waals surface area contributed by atoms with Crippen molar-refractivity contribution in [3.63, 3.8) is 0 Å². The average molecular weight is 287 g/mol. The van der Waals surface area contributed by atoms with Gasteiger partial charge in [0.05, 0.1) is 24.2 Å². The van der Waals surface area contributed by atoms with Gasteiger partial charge in [0.1, 0.15) is 0 Å². The van der Waals surface area contributed by atoms with E-state index in [2.05, 4.69) is 20.0 Å². The van der Waals surface area contributed by atoms with Crippen LogP contribution in [0.25, 0.3) is 11.0 Å². The fourth-order valence-corrected chi connectivity index (χ4v) is 2.53. The number of hydrogen-bond acceptors (Lipinski definition) is 6. The molecule has 0 radical (unpaired) electrons. The fourth-order valence-electron chi connectivity index (χ4n) is 2.53. The summed E-state index contributed by atoms with van der Waals surface area (Å²) in [5.74, 6) is 1.08. The normalized spacial score (nSPS) is 18.0. The predicted octanol–water partition coefficient (Wildman–Crippen LogP) is 1.15. The molecule has 1 amide bonds. The summed E-state index contributed by atoms with van der Waals surface area (Å²) < 4.78 is 4.61. The topological polar surface area (TPSA) is 93.4 Å². The van der Waals surface area contributed by atoms with Crippen LogP contribution in [0.1, 0.15) is 6.42 Å². The van der Waals surface area contributed by atoms with Gasteiger partial charge in [-0.05, 0) is 18.6 Å². The van der Waals surface area contributed by atoms with Crippen molar-refractivity contribution in [2.45, 2.75) is 12.5 Å². The van der Waals surface area contributed by atoms with Crippen molar-refractivity contribution in [2.75, 3.05) is 30.8 Å². The number of carbonyl (C=O) groups excluding carboxylic acids is 1. The molecule has 0 aliphatic carbocycles. The summed E-state index contributed by atoms with van der Waals surface area (Å²) >= 11 is 0. The Balaban J connectivity index is 1.81. The zero-order valence-electron chi connectivity index (χ0n) is 11.7. The highest BCUT2D eigenvalue weighted by Gasteiger charge is 2.26. The van der Waals surface area contributed by atoms with Gasteiger partial charge in [0.15, 0.2) is 11.6 Å². The van der Waals surface area contributed by atoms with Gasteiger partial charge in [-0.3, -0.25) is 0 Å². The van der Waals surface area contributed by atoms with Crippen LogP contribution in [0.15, 0.2) is 24.3 Å². The Bertz CT molecular complexity index is 675. The molecule has 1 aromatic carbocycles. The Morgan fingerprint density at radius 2 is 2.10 bits per heavy atom. The quantitative estimate of drug-likeness (QED) is 0.860. The smallest absolute Gasteiger partial charge is 0.407 e. The molecule has 1 fully saturated rings. The minimum atomic E-state index is -0.417. The predicted molar refractivity (Wildman–Crippen MR) is 80.1 cm³/mol.